The van der Waals surface area contributed by atoms with Gasteiger partial charge in [0.05, 0.1) is 19.3 Å². The van der Waals surface area contributed by atoms with Gasteiger partial charge in [0.25, 0.3) is 0 Å². The van der Waals surface area contributed by atoms with Crippen molar-refractivity contribution in [2.24, 2.45) is 11.3 Å². The van der Waals surface area contributed by atoms with E-state index >= 15 is 0 Å². The normalized spacial score (nSPS) is 29.8. The maximum Gasteiger partial charge on any atom is 0.317 e. The average molecular weight is 284 g/mol. The molecule has 20 heavy (non-hydrogen) atoms. The van der Waals surface area contributed by atoms with Crippen LogP contribution in [0.2, 0.25) is 0 Å². The molecule has 0 radical (unpaired) electrons. The zero-order valence-electron chi connectivity index (χ0n) is 12.2. The van der Waals surface area contributed by atoms with Crippen molar-refractivity contribution in [2.45, 2.75) is 39.2 Å². The van der Waals surface area contributed by atoms with E-state index in [-0.39, 0.29) is 19.2 Å². The summed E-state index contributed by atoms with van der Waals surface area (Å²) in [4.78, 5) is 25.4. The summed E-state index contributed by atoms with van der Waals surface area (Å²) in [5, 5.41) is 12.1. The predicted molar refractivity (Wildman–Crippen MR) is 73.5 cm³/mol. The van der Waals surface area contributed by atoms with Crippen LogP contribution in [0.4, 0.5) is 4.79 Å². The number of hydrogen-bond acceptors (Lipinski definition) is 3. The van der Waals surface area contributed by atoms with E-state index in [0.717, 1.165) is 6.54 Å². The van der Waals surface area contributed by atoms with Gasteiger partial charge in [0, 0.05) is 13.1 Å². The zero-order valence-corrected chi connectivity index (χ0v) is 12.2. The van der Waals surface area contributed by atoms with Crippen LogP contribution in [0.15, 0.2) is 0 Å². The quantitative estimate of drug-likeness (QED) is 0.798. The van der Waals surface area contributed by atoms with Crippen LogP contribution in [0, 0.1) is 11.3 Å². The second kappa shape index (κ2) is 5.99. The van der Waals surface area contributed by atoms with Crippen molar-refractivity contribution in [2.75, 3.05) is 26.3 Å². The summed E-state index contributed by atoms with van der Waals surface area (Å²) < 4.78 is 5.25. The fourth-order valence-electron chi connectivity index (χ4n) is 2.67. The molecule has 114 valence electrons. The van der Waals surface area contributed by atoms with Gasteiger partial charge in [0.15, 0.2) is 0 Å². The van der Waals surface area contributed by atoms with E-state index in [9.17, 15) is 14.7 Å². The first kappa shape index (κ1) is 15.1. The van der Waals surface area contributed by atoms with Gasteiger partial charge in [0.1, 0.15) is 5.41 Å². The molecule has 2 rings (SSSR count). The lowest BCUT2D eigenvalue weighted by molar-refractivity contribution is -0.148. The SMILES string of the molecule is CCN(CC1CCC1)C(=O)NC1COCC1(C)C(=O)O. The molecule has 1 saturated carbocycles. The number of aliphatic carboxylic acids is 1. The Morgan fingerprint density at radius 3 is 2.65 bits per heavy atom. The highest BCUT2D eigenvalue weighted by atomic mass is 16.5. The first-order valence-electron chi connectivity index (χ1n) is 7.34. The first-order valence-corrected chi connectivity index (χ1v) is 7.34. The van der Waals surface area contributed by atoms with Crippen LogP contribution >= 0.6 is 0 Å². The Hall–Kier alpha value is -1.30. The average Bonchev–Trinajstić information content (AvgIpc) is 2.71. The predicted octanol–water partition coefficient (Wildman–Crippen LogP) is 1.31. The number of nitrogens with zero attached hydrogens (tertiary/aromatic N) is 1. The van der Waals surface area contributed by atoms with Gasteiger partial charge in [-0.25, -0.2) is 4.79 Å². The topological polar surface area (TPSA) is 78.9 Å². The molecule has 6 nitrogen and oxygen atoms in total. The lowest BCUT2D eigenvalue weighted by Crippen LogP contribution is -2.54. The molecule has 2 aliphatic rings. The van der Waals surface area contributed by atoms with Crippen molar-refractivity contribution in [1.29, 1.82) is 0 Å². The van der Waals surface area contributed by atoms with Gasteiger partial charge in [-0.3, -0.25) is 4.79 Å². The van der Waals surface area contributed by atoms with Crippen LogP contribution in [0.1, 0.15) is 33.1 Å². The lowest BCUT2D eigenvalue weighted by atomic mass is 9.85. The smallest absolute Gasteiger partial charge is 0.317 e. The summed E-state index contributed by atoms with van der Waals surface area (Å²) in [6.07, 6.45) is 3.61. The number of carbonyl (C=O) groups excluding carboxylic acids is 1. The van der Waals surface area contributed by atoms with Crippen LogP contribution < -0.4 is 5.32 Å². The van der Waals surface area contributed by atoms with E-state index in [0.29, 0.717) is 12.5 Å². The van der Waals surface area contributed by atoms with Gasteiger partial charge in [0.2, 0.25) is 0 Å². The molecule has 2 amide bonds. The largest absolute Gasteiger partial charge is 0.481 e. The molecule has 2 N–H and O–H groups in total. The Morgan fingerprint density at radius 2 is 2.15 bits per heavy atom. The highest BCUT2D eigenvalue weighted by Gasteiger charge is 2.47. The molecule has 1 saturated heterocycles. The molecule has 0 spiro atoms. The number of rotatable bonds is 5. The Balaban J connectivity index is 1.93. The number of carboxylic acid groups (broad SMARTS) is 1. The third kappa shape index (κ3) is 2.90. The molecule has 0 bridgehead atoms. The van der Waals surface area contributed by atoms with Crippen molar-refractivity contribution in [1.82, 2.24) is 10.2 Å². The Kier molecular flexibility index (Phi) is 4.52. The van der Waals surface area contributed by atoms with E-state index < -0.39 is 17.4 Å². The minimum Gasteiger partial charge on any atom is -0.481 e. The van der Waals surface area contributed by atoms with Gasteiger partial charge in [-0.1, -0.05) is 6.42 Å². The van der Waals surface area contributed by atoms with Crippen molar-refractivity contribution in [3.05, 3.63) is 0 Å². The van der Waals surface area contributed by atoms with Crippen molar-refractivity contribution >= 4 is 12.0 Å². The van der Waals surface area contributed by atoms with Gasteiger partial charge in [-0.15, -0.1) is 0 Å². The number of urea groups is 1. The van der Waals surface area contributed by atoms with Crippen LogP contribution in [0.5, 0.6) is 0 Å². The van der Waals surface area contributed by atoms with Crippen molar-refractivity contribution in [3.8, 4) is 0 Å². The summed E-state index contributed by atoms with van der Waals surface area (Å²) in [5.74, 6) is -0.325. The second-order valence-electron chi connectivity index (χ2n) is 6.08. The van der Waals surface area contributed by atoms with Crippen LogP contribution in [-0.2, 0) is 9.53 Å². The Morgan fingerprint density at radius 1 is 1.45 bits per heavy atom. The standard InChI is InChI=1S/C14H24N2O4/c1-3-16(7-10-5-4-6-10)13(19)15-11-8-20-9-14(11,2)12(17)18/h10-11H,3-9H2,1-2H3,(H,15,19)(H,17,18). The molecule has 2 unspecified atom stereocenters. The van der Waals surface area contributed by atoms with E-state index in [4.69, 9.17) is 4.74 Å². The van der Waals surface area contributed by atoms with Crippen LogP contribution in [-0.4, -0.2) is 54.4 Å². The first-order chi connectivity index (χ1) is 9.47. The molecular formula is C14H24N2O4. The van der Waals surface area contributed by atoms with Gasteiger partial charge in [-0.05, 0) is 32.6 Å². The zero-order chi connectivity index (χ0) is 14.8. The third-order valence-corrected chi connectivity index (χ3v) is 4.61. The molecule has 1 aliphatic carbocycles. The monoisotopic (exact) mass is 284 g/mol. The highest BCUT2D eigenvalue weighted by Crippen LogP contribution is 2.29. The number of amides is 2. The fourth-order valence-corrected chi connectivity index (χ4v) is 2.67. The van der Waals surface area contributed by atoms with Gasteiger partial charge in [-0.2, -0.15) is 0 Å². The molecule has 1 aliphatic heterocycles. The Labute approximate surface area is 119 Å². The molecule has 2 fully saturated rings. The minimum absolute atomic E-state index is 0.141. The Bertz CT molecular complexity index is 383. The number of carboxylic acids is 1. The van der Waals surface area contributed by atoms with E-state index in [1.165, 1.54) is 19.3 Å². The fraction of sp³-hybridized carbons (Fsp3) is 0.857. The maximum atomic E-state index is 12.3. The number of nitrogens with one attached hydrogen (secondary N) is 1. The van der Waals surface area contributed by atoms with Crippen molar-refractivity contribution < 1.29 is 19.4 Å². The molecular weight excluding hydrogens is 260 g/mol. The van der Waals surface area contributed by atoms with Gasteiger partial charge < -0.3 is 20.1 Å². The lowest BCUT2D eigenvalue weighted by Gasteiger charge is -2.33. The second-order valence-corrected chi connectivity index (χ2v) is 6.08. The highest BCUT2D eigenvalue weighted by molar-refractivity contribution is 5.79. The van der Waals surface area contributed by atoms with Gasteiger partial charge >= 0.3 is 12.0 Å². The van der Waals surface area contributed by atoms with E-state index in [1.54, 1.807) is 11.8 Å². The summed E-state index contributed by atoms with van der Waals surface area (Å²) in [6, 6.07) is -0.648. The third-order valence-electron chi connectivity index (χ3n) is 4.61. The number of ether oxygens (including phenoxy) is 1. The summed E-state index contributed by atoms with van der Waals surface area (Å²) in [5.41, 5.74) is -1.04. The molecule has 2 atom stereocenters. The summed E-state index contributed by atoms with van der Waals surface area (Å²) >= 11 is 0. The number of carbonyl (C=O) groups is 2. The molecule has 0 aromatic carbocycles. The molecule has 0 aromatic heterocycles. The molecule has 0 aromatic rings. The summed E-state index contributed by atoms with van der Waals surface area (Å²) in [6.45, 7) is 5.37. The van der Waals surface area contributed by atoms with Crippen molar-refractivity contribution in [3.63, 3.8) is 0 Å². The van der Waals surface area contributed by atoms with Crippen LogP contribution in [0.25, 0.3) is 0 Å². The maximum absolute atomic E-state index is 12.3. The van der Waals surface area contributed by atoms with E-state index in [1.807, 2.05) is 6.92 Å². The van der Waals surface area contributed by atoms with Crippen LogP contribution in [0.3, 0.4) is 0 Å². The number of hydrogen-bond donors (Lipinski definition) is 2. The summed E-state index contributed by atoms with van der Waals surface area (Å²) in [7, 11) is 0. The molecule has 1 heterocycles. The minimum atomic E-state index is -1.04. The van der Waals surface area contributed by atoms with E-state index in [2.05, 4.69) is 5.32 Å². The molecule has 6 heteroatoms.